The van der Waals surface area contributed by atoms with Crippen molar-refractivity contribution < 1.29 is 9.72 Å². The van der Waals surface area contributed by atoms with Crippen LogP contribution in [0, 0.1) is 17.0 Å². The van der Waals surface area contributed by atoms with Crippen LogP contribution in [0.15, 0.2) is 84.9 Å². The largest absolute Gasteiger partial charge is 0.350 e. The predicted octanol–water partition coefficient (Wildman–Crippen LogP) is 5.13. The minimum Gasteiger partial charge on any atom is -0.350 e. The van der Waals surface area contributed by atoms with Gasteiger partial charge in [0.2, 0.25) is 5.95 Å². The fourth-order valence-corrected chi connectivity index (χ4v) is 3.16. The second-order valence-corrected chi connectivity index (χ2v) is 7.40. The first kappa shape index (κ1) is 21.6. The van der Waals surface area contributed by atoms with Gasteiger partial charge < -0.3 is 5.32 Å². The van der Waals surface area contributed by atoms with Crippen molar-refractivity contribution in [3.05, 3.63) is 112 Å². The van der Waals surface area contributed by atoms with Crippen LogP contribution in [0.25, 0.3) is 17.5 Å². The van der Waals surface area contributed by atoms with Crippen LogP contribution in [0.1, 0.15) is 21.5 Å². The number of nitrogens with one attached hydrogen (secondary N) is 1. The maximum Gasteiger partial charge on any atom is 0.274 e. The lowest BCUT2D eigenvalue weighted by atomic mass is 10.1. The number of anilines is 1. The summed E-state index contributed by atoms with van der Waals surface area (Å²) < 4.78 is 1.20. The molecule has 0 spiro atoms. The lowest BCUT2D eigenvalue weighted by Crippen LogP contribution is -2.14. The van der Waals surface area contributed by atoms with Gasteiger partial charge in [-0.3, -0.25) is 14.9 Å². The number of benzene rings is 3. The van der Waals surface area contributed by atoms with Gasteiger partial charge in [-0.25, -0.2) is 0 Å². The number of nitro groups is 1. The number of non-ortho nitro benzene ring substituents is 1. The zero-order valence-electron chi connectivity index (χ0n) is 17.9. The Hall–Kier alpha value is -4.59. The molecule has 0 saturated heterocycles. The maximum absolute atomic E-state index is 13.0. The van der Waals surface area contributed by atoms with E-state index in [9.17, 15) is 14.9 Å². The van der Waals surface area contributed by atoms with Gasteiger partial charge >= 0.3 is 0 Å². The number of hydrogen-bond acceptors (Lipinski definition) is 6. The Morgan fingerprint density at radius 3 is 2.55 bits per heavy atom. The molecule has 0 radical (unpaired) electrons. The van der Waals surface area contributed by atoms with Crippen molar-refractivity contribution in [2.75, 3.05) is 5.32 Å². The predicted molar refractivity (Wildman–Crippen MR) is 127 cm³/mol. The quantitative estimate of drug-likeness (QED) is 0.243. The third-order valence-electron chi connectivity index (χ3n) is 4.92. The van der Waals surface area contributed by atoms with Gasteiger partial charge in [0, 0.05) is 30.3 Å². The Morgan fingerprint density at radius 2 is 1.82 bits per heavy atom. The van der Waals surface area contributed by atoms with E-state index in [2.05, 4.69) is 15.4 Å². The number of carbonyl (C=O) groups excluding carboxylic acids is 1. The minimum atomic E-state index is -0.476. The molecule has 8 heteroatoms. The smallest absolute Gasteiger partial charge is 0.274 e. The second kappa shape index (κ2) is 9.69. The monoisotopic (exact) mass is 439 g/mol. The van der Waals surface area contributed by atoms with Gasteiger partial charge in [0.1, 0.15) is 0 Å². The highest BCUT2D eigenvalue weighted by molar-refractivity contribution is 5.95. The number of nitro benzene ring substituents is 1. The summed E-state index contributed by atoms with van der Waals surface area (Å²) in [5, 5.41) is 18.6. The van der Waals surface area contributed by atoms with E-state index in [0.29, 0.717) is 23.9 Å². The molecule has 8 nitrogen and oxygen atoms in total. The van der Waals surface area contributed by atoms with Gasteiger partial charge in [-0.15, -0.1) is 5.10 Å². The number of carbonyl (C=O) groups is 1. The number of aromatic nitrogens is 3. The van der Waals surface area contributed by atoms with Crippen molar-refractivity contribution >= 4 is 23.6 Å². The SMILES string of the molecule is Cc1ccc(-c2nc(NCc3ccccc3)n(C(=O)C=Cc3cccc([N+](=O)[O-])c3)n2)cc1. The summed E-state index contributed by atoms with van der Waals surface area (Å²) in [4.78, 5) is 28.0. The Kier molecular flexibility index (Phi) is 6.36. The van der Waals surface area contributed by atoms with Gasteiger partial charge in [-0.2, -0.15) is 9.67 Å². The summed E-state index contributed by atoms with van der Waals surface area (Å²) >= 11 is 0. The molecule has 0 atom stereocenters. The second-order valence-electron chi connectivity index (χ2n) is 7.40. The van der Waals surface area contributed by atoms with Crippen LogP contribution < -0.4 is 5.32 Å². The minimum absolute atomic E-state index is 0.0442. The van der Waals surface area contributed by atoms with E-state index in [1.54, 1.807) is 12.1 Å². The molecule has 0 fully saturated rings. The lowest BCUT2D eigenvalue weighted by Gasteiger charge is -2.05. The molecule has 0 aliphatic rings. The average Bonchev–Trinajstić information content (AvgIpc) is 3.27. The summed E-state index contributed by atoms with van der Waals surface area (Å²) in [5.41, 5.74) is 3.42. The van der Waals surface area contributed by atoms with Crippen LogP contribution >= 0.6 is 0 Å². The van der Waals surface area contributed by atoms with Crippen molar-refractivity contribution in [1.29, 1.82) is 0 Å². The maximum atomic E-state index is 13.0. The van der Waals surface area contributed by atoms with E-state index in [-0.39, 0.29) is 5.69 Å². The molecule has 4 aromatic rings. The number of hydrogen-bond donors (Lipinski definition) is 1. The summed E-state index contributed by atoms with van der Waals surface area (Å²) in [6, 6.07) is 23.5. The van der Waals surface area contributed by atoms with Gasteiger partial charge in [-0.1, -0.05) is 72.3 Å². The molecular weight excluding hydrogens is 418 g/mol. The molecule has 0 amide bonds. The first-order valence-electron chi connectivity index (χ1n) is 10.3. The fourth-order valence-electron chi connectivity index (χ4n) is 3.16. The van der Waals surface area contributed by atoms with E-state index in [1.165, 1.54) is 29.0 Å². The van der Waals surface area contributed by atoms with Crippen LogP contribution in [0.4, 0.5) is 11.6 Å². The van der Waals surface area contributed by atoms with Crippen molar-refractivity contribution in [2.24, 2.45) is 0 Å². The molecule has 0 saturated carbocycles. The van der Waals surface area contributed by atoms with Gasteiger partial charge in [0.05, 0.1) is 4.92 Å². The Bertz CT molecular complexity index is 1310. The third-order valence-corrected chi connectivity index (χ3v) is 4.92. The Labute approximate surface area is 190 Å². The molecule has 1 N–H and O–H groups in total. The van der Waals surface area contributed by atoms with Crippen LogP contribution in [-0.2, 0) is 6.54 Å². The standard InChI is InChI=1S/C25H21N5O3/c1-18-10-13-21(14-11-18)24-27-25(26-17-20-6-3-2-4-7-20)29(28-24)23(31)15-12-19-8-5-9-22(16-19)30(32)33/h2-16H,17H2,1H3,(H,26,27,28). The highest BCUT2D eigenvalue weighted by Crippen LogP contribution is 2.20. The lowest BCUT2D eigenvalue weighted by molar-refractivity contribution is -0.384. The Morgan fingerprint density at radius 1 is 1.06 bits per heavy atom. The number of allylic oxidation sites excluding steroid dienone is 1. The van der Waals surface area contributed by atoms with E-state index < -0.39 is 10.8 Å². The molecule has 164 valence electrons. The number of rotatable bonds is 7. The zero-order chi connectivity index (χ0) is 23.2. The third kappa shape index (κ3) is 5.37. The van der Waals surface area contributed by atoms with E-state index in [1.807, 2.05) is 61.5 Å². The summed E-state index contributed by atoms with van der Waals surface area (Å²) in [5.74, 6) is 0.300. The summed E-state index contributed by atoms with van der Waals surface area (Å²) in [6.45, 7) is 2.46. The molecule has 0 unspecified atom stereocenters. The van der Waals surface area contributed by atoms with E-state index in [4.69, 9.17) is 0 Å². The molecule has 3 aromatic carbocycles. The van der Waals surface area contributed by atoms with Crippen LogP contribution in [0.5, 0.6) is 0 Å². The molecule has 0 bridgehead atoms. The highest BCUT2D eigenvalue weighted by Gasteiger charge is 2.16. The molecular formula is C25H21N5O3. The van der Waals surface area contributed by atoms with Gasteiger partial charge in [-0.05, 0) is 24.1 Å². The van der Waals surface area contributed by atoms with Crippen molar-refractivity contribution in [3.8, 4) is 11.4 Å². The van der Waals surface area contributed by atoms with Crippen molar-refractivity contribution in [1.82, 2.24) is 14.8 Å². The topological polar surface area (TPSA) is 103 Å². The van der Waals surface area contributed by atoms with E-state index >= 15 is 0 Å². The number of aryl methyl sites for hydroxylation is 1. The first-order chi connectivity index (χ1) is 16.0. The van der Waals surface area contributed by atoms with Gasteiger partial charge in [0.25, 0.3) is 11.6 Å². The molecule has 4 rings (SSSR count). The van der Waals surface area contributed by atoms with Crippen molar-refractivity contribution in [3.63, 3.8) is 0 Å². The van der Waals surface area contributed by atoms with Crippen LogP contribution in [0.3, 0.4) is 0 Å². The molecule has 1 aromatic heterocycles. The average molecular weight is 439 g/mol. The molecule has 0 aliphatic heterocycles. The zero-order valence-corrected chi connectivity index (χ0v) is 17.9. The molecule has 1 heterocycles. The van der Waals surface area contributed by atoms with Gasteiger partial charge in [0.15, 0.2) is 5.82 Å². The number of nitrogens with zero attached hydrogens (tertiary/aromatic N) is 4. The fraction of sp³-hybridized carbons (Fsp3) is 0.0800. The summed E-state index contributed by atoms with van der Waals surface area (Å²) in [6.07, 6.45) is 2.84. The van der Waals surface area contributed by atoms with Crippen LogP contribution in [0.2, 0.25) is 0 Å². The first-order valence-corrected chi connectivity index (χ1v) is 10.3. The van der Waals surface area contributed by atoms with E-state index in [0.717, 1.165) is 16.7 Å². The van der Waals surface area contributed by atoms with Crippen molar-refractivity contribution in [2.45, 2.75) is 13.5 Å². The normalized spacial score (nSPS) is 10.9. The molecule has 0 aliphatic carbocycles. The van der Waals surface area contributed by atoms with Crippen LogP contribution in [-0.4, -0.2) is 25.6 Å². The molecule has 33 heavy (non-hydrogen) atoms. The highest BCUT2D eigenvalue weighted by atomic mass is 16.6. The Balaban J connectivity index is 1.62. The summed E-state index contributed by atoms with van der Waals surface area (Å²) in [7, 11) is 0.